The summed E-state index contributed by atoms with van der Waals surface area (Å²) in [4.78, 5) is 15.4. The zero-order chi connectivity index (χ0) is 28.8. The molecule has 8 heteroatoms. The molecule has 0 radical (unpaired) electrons. The summed E-state index contributed by atoms with van der Waals surface area (Å²) in [7, 11) is -3.89. The van der Waals surface area contributed by atoms with E-state index in [1.165, 1.54) is 17.7 Å². The standard InChI is InChI=1S/C33H34FN3O3S/c1-24-7-14-30(15-8-24)41(39,40)36-31-22-28(33(38)35-23-27-9-12-29(34)13-10-27)11-16-32(31)37-19-17-26(18-20-37)21-25-5-3-2-4-6-25/h2-16,22,26,36H,17-21,23H2,1H3,(H,35,38). The molecule has 0 spiro atoms. The largest absolute Gasteiger partial charge is 0.370 e. The minimum absolute atomic E-state index is 0.154. The quantitative estimate of drug-likeness (QED) is 0.246. The maximum atomic E-state index is 13.4. The number of amides is 1. The third kappa shape index (κ3) is 7.32. The van der Waals surface area contributed by atoms with Crippen LogP contribution in [0, 0.1) is 18.7 Å². The fraction of sp³-hybridized carbons (Fsp3) is 0.242. The highest BCUT2D eigenvalue weighted by Gasteiger charge is 2.24. The van der Waals surface area contributed by atoms with Gasteiger partial charge in [0, 0.05) is 25.2 Å². The number of hydrogen-bond acceptors (Lipinski definition) is 4. The molecule has 1 aliphatic rings. The maximum Gasteiger partial charge on any atom is 0.261 e. The molecule has 0 aliphatic carbocycles. The second-order valence-corrected chi connectivity index (χ2v) is 12.3. The summed E-state index contributed by atoms with van der Waals surface area (Å²) in [5, 5.41) is 2.84. The third-order valence-electron chi connectivity index (χ3n) is 7.52. The Hall–Kier alpha value is -4.17. The number of sulfonamides is 1. The molecular formula is C33H34FN3O3S. The van der Waals surface area contributed by atoms with Gasteiger partial charge in [-0.2, -0.15) is 0 Å². The van der Waals surface area contributed by atoms with Crippen molar-refractivity contribution in [2.75, 3.05) is 22.7 Å². The molecule has 1 aliphatic heterocycles. The molecule has 6 nitrogen and oxygen atoms in total. The Bertz CT molecular complexity index is 1580. The molecule has 1 saturated heterocycles. The van der Waals surface area contributed by atoms with Crippen molar-refractivity contribution in [3.8, 4) is 0 Å². The van der Waals surface area contributed by atoms with Crippen molar-refractivity contribution in [2.45, 2.75) is 37.6 Å². The number of aryl methyl sites for hydroxylation is 1. The van der Waals surface area contributed by atoms with Crippen molar-refractivity contribution < 1.29 is 17.6 Å². The van der Waals surface area contributed by atoms with E-state index < -0.39 is 10.0 Å². The predicted octanol–water partition coefficient (Wildman–Crippen LogP) is 6.32. The van der Waals surface area contributed by atoms with E-state index in [0.717, 1.165) is 49.2 Å². The molecule has 1 amide bonds. The van der Waals surface area contributed by atoms with E-state index in [9.17, 15) is 17.6 Å². The highest BCUT2D eigenvalue weighted by molar-refractivity contribution is 7.92. The minimum Gasteiger partial charge on any atom is -0.370 e. The molecular weight excluding hydrogens is 537 g/mol. The lowest BCUT2D eigenvalue weighted by molar-refractivity contribution is 0.0951. The lowest BCUT2D eigenvalue weighted by Gasteiger charge is -2.35. The SMILES string of the molecule is Cc1ccc(S(=O)(=O)Nc2cc(C(=O)NCc3ccc(F)cc3)ccc2N2CCC(Cc3ccccc3)CC2)cc1. The number of halogens is 1. The molecule has 5 rings (SSSR count). The molecule has 0 atom stereocenters. The van der Waals surface area contributed by atoms with Gasteiger partial charge in [-0.05, 0) is 85.7 Å². The second-order valence-electron chi connectivity index (χ2n) is 10.6. The molecule has 0 aromatic heterocycles. The number of carbonyl (C=O) groups excluding carboxylic acids is 1. The summed E-state index contributed by atoms with van der Waals surface area (Å²) in [5.74, 6) is -0.138. The molecule has 2 N–H and O–H groups in total. The highest BCUT2D eigenvalue weighted by Crippen LogP contribution is 2.33. The third-order valence-corrected chi connectivity index (χ3v) is 8.90. The molecule has 41 heavy (non-hydrogen) atoms. The van der Waals surface area contributed by atoms with Gasteiger partial charge >= 0.3 is 0 Å². The minimum atomic E-state index is -3.89. The van der Waals surface area contributed by atoms with Gasteiger partial charge in [0.25, 0.3) is 15.9 Å². The van der Waals surface area contributed by atoms with Gasteiger partial charge in [0.1, 0.15) is 5.82 Å². The van der Waals surface area contributed by atoms with Crippen molar-refractivity contribution >= 4 is 27.3 Å². The lowest BCUT2D eigenvalue weighted by atomic mass is 9.90. The van der Waals surface area contributed by atoms with Crippen LogP contribution in [0.25, 0.3) is 0 Å². The molecule has 212 valence electrons. The first-order chi connectivity index (χ1) is 19.8. The van der Waals surface area contributed by atoms with E-state index in [-0.39, 0.29) is 23.2 Å². The van der Waals surface area contributed by atoms with Crippen LogP contribution in [-0.4, -0.2) is 27.4 Å². The molecule has 1 fully saturated rings. The Morgan fingerprint density at radius 2 is 1.56 bits per heavy atom. The van der Waals surface area contributed by atoms with Crippen LogP contribution >= 0.6 is 0 Å². The number of nitrogens with zero attached hydrogens (tertiary/aromatic N) is 1. The number of carbonyl (C=O) groups is 1. The highest BCUT2D eigenvalue weighted by atomic mass is 32.2. The lowest BCUT2D eigenvalue weighted by Crippen LogP contribution is -2.35. The first kappa shape index (κ1) is 28.4. The summed E-state index contributed by atoms with van der Waals surface area (Å²) in [6, 6.07) is 28.2. The van der Waals surface area contributed by atoms with Crippen LogP contribution in [0.4, 0.5) is 15.8 Å². The zero-order valence-electron chi connectivity index (χ0n) is 23.0. The molecule has 0 saturated carbocycles. The van der Waals surface area contributed by atoms with Gasteiger partial charge in [0.2, 0.25) is 0 Å². The Balaban J connectivity index is 1.36. The molecule has 0 unspecified atom stereocenters. The summed E-state index contributed by atoms with van der Waals surface area (Å²) < 4.78 is 42.7. The van der Waals surface area contributed by atoms with E-state index in [4.69, 9.17) is 0 Å². The normalized spacial score (nSPS) is 14.0. The Morgan fingerprint density at radius 3 is 2.24 bits per heavy atom. The number of benzene rings is 4. The average Bonchev–Trinajstić information content (AvgIpc) is 2.98. The Kier molecular flexibility index (Phi) is 8.69. The molecule has 4 aromatic rings. The van der Waals surface area contributed by atoms with Crippen molar-refractivity contribution in [1.29, 1.82) is 0 Å². The number of rotatable bonds is 9. The van der Waals surface area contributed by atoms with Crippen LogP contribution in [0.15, 0.2) is 102 Å². The van der Waals surface area contributed by atoms with Gasteiger partial charge in [-0.15, -0.1) is 0 Å². The smallest absolute Gasteiger partial charge is 0.261 e. The number of piperidine rings is 1. The Morgan fingerprint density at radius 1 is 0.878 bits per heavy atom. The monoisotopic (exact) mass is 571 g/mol. The van der Waals surface area contributed by atoms with Crippen LogP contribution in [0.1, 0.15) is 39.9 Å². The van der Waals surface area contributed by atoms with Gasteiger partial charge in [0.15, 0.2) is 0 Å². The maximum absolute atomic E-state index is 13.4. The van der Waals surface area contributed by atoms with E-state index in [0.29, 0.717) is 17.2 Å². The average molecular weight is 572 g/mol. The first-order valence-electron chi connectivity index (χ1n) is 13.8. The van der Waals surface area contributed by atoms with E-state index in [1.54, 1.807) is 48.5 Å². The van der Waals surface area contributed by atoms with E-state index >= 15 is 0 Å². The predicted molar refractivity (Wildman–Crippen MR) is 161 cm³/mol. The van der Waals surface area contributed by atoms with E-state index in [1.807, 2.05) is 19.1 Å². The van der Waals surface area contributed by atoms with Gasteiger partial charge in [0.05, 0.1) is 16.3 Å². The topological polar surface area (TPSA) is 78.5 Å². The summed E-state index contributed by atoms with van der Waals surface area (Å²) in [6.45, 7) is 3.69. The van der Waals surface area contributed by atoms with Crippen molar-refractivity contribution in [3.05, 3.63) is 125 Å². The molecule has 1 heterocycles. The van der Waals surface area contributed by atoms with Crippen molar-refractivity contribution in [2.24, 2.45) is 5.92 Å². The summed E-state index contributed by atoms with van der Waals surface area (Å²) in [6.07, 6.45) is 2.99. The fourth-order valence-electron chi connectivity index (χ4n) is 5.17. The van der Waals surface area contributed by atoms with Crippen LogP contribution in [0.5, 0.6) is 0 Å². The van der Waals surface area contributed by atoms with Crippen LogP contribution in [0.3, 0.4) is 0 Å². The fourth-order valence-corrected chi connectivity index (χ4v) is 6.23. The summed E-state index contributed by atoms with van der Waals surface area (Å²) in [5.41, 5.74) is 4.48. The van der Waals surface area contributed by atoms with E-state index in [2.05, 4.69) is 39.2 Å². The number of hydrogen-bond donors (Lipinski definition) is 2. The van der Waals surface area contributed by atoms with Crippen LogP contribution in [-0.2, 0) is 23.0 Å². The number of anilines is 2. The molecule has 4 aromatic carbocycles. The second kappa shape index (κ2) is 12.6. The van der Waals surface area contributed by atoms with Crippen LogP contribution < -0.4 is 14.9 Å². The van der Waals surface area contributed by atoms with Gasteiger partial charge < -0.3 is 10.2 Å². The number of nitrogens with one attached hydrogen (secondary N) is 2. The van der Waals surface area contributed by atoms with Gasteiger partial charge in [-0.25, -0.2) is 12.8 Å². The van der Waals surface area contributed by atoms with Gasteiger partial charge in [-0.3, -0.25) is 9.52 Å². The van der Waals surface area contributed by atoms with Crippen molar-refractivity contribution in [3.63, 3.8) is 0 Å². The Labute approximate surface area is 241 Å². The first-order valence-corrected chi connectivity index (χ1v) is 15.3. The van der Waals surface area contributed by atoms with Gasteiger partial charge in [-0.1, -0.05) is 60.2 Å². The molecule has 0 bridgehead atoms. The van der Waals surface area contributed by atoms with Crippen molar-refractivity contribution in [1.82, 2.24) is 5.32 Å². The summed E-state index contributed by atoms with van der Waals surface area (Å²) >= 11 is 0. The van der Waals surface area contributed by atoms with Crippen LogP contribution in [0.2, 0.25) is 0 Å². The zero-order valence-corrected chi connectivity index (χ0v) is 23.8.